The Morgan fingerprint density at radius 2 is 1.96 bits per heavy atom. The quantitative estimate of drug-likeness (QED) is 0.508. The largest absolute Gasteiger partial charge is 0.457 e. The van der Waals surface area contributed by atoms with Gasteiger partial charge in [0.2, 0.25) is 5.13 Å². The third-order valence-electron chi connectivity index (χ3n) is 3.50. The van der Waals surface area contributed by atoms with Crippen molar-refractivity contribution in [1.29, 1.82) is 5.26 Å². The van der Waals surface area contributed by atoms with Gasteiger partial charge in [-0.05, 0) is 42.3 Å². The molecular formula is C20H16N4O2S. The van der Waals surface area contributed by atoms with Gasteiger partial charge in [-0.1, -0.05) is 48.6 Å². The molecule has 1 heterocycles. The highest BCUT2D eigenvalue weighted by atomic mass is 32.1. The molecule has 0 fully saturated rings. The molecule has 3 rings (SSSR count). The van der Waals surface area contributed by atoms with E-state index < -0.39 is 5.91 Å². The summed E-state index contributed by atoms with van der Waals surface area (Å²) in [6.45, 7) is 1.96. The number of anilines is 1. The molecule has 134 valence electrons. The van der Waals surface area contributed by atoms with Crippen molar-refractivity contribution in [2.45, 2.75) is 13.3 Å². The first-order valence-electron chi connectivity index (χ1n) is 8.26. The van der Waals surface area contributed by atoms with Crippen molar-refractivity contribution in [2.24, 2.45) is 0 Å². The Hall–Kier alpha value is -3.50. The topological polar surface area (TPSA) is 87.9 Å². The molecule has 0 spiro atoms. The summed E-state index contributed by atoms with van der Waals surface area (Å²) in [5.41, 5.74) is 0.654. The first kappa shape index (κ1) is 18.3. The van der Waals surface area contributed by atoms with Crippen LogP contribution in [0.5, 0.6) is 11.5 Å². The second-order valence-corrected chi connectivity index (χ2v) is 6.53. The number of aryl methyl sites for hydroxylation is 1. The van der Waals surface area contributed by atoms with Crippen molar-refractivity contribution in [1.82, 2.24) is 10.2 Å². The van der Waals surface area contributed by atoms with E-state index in [0.717, 1.165) is 11.4 Å². The molecule has 0 unspecified atom stereocenters. The minimum atomic E-state index is -0.523. The van der Waals surface area contributed by atoms with Crippen LogP contribution in [0.4, 0.5) is 5.13 Å². The number of para-hydroxylation sites is 1. The summed E-state index contributed by atoms with van der Waals surface area (Å²) in [5, 5.41) is 21.0. The zero-order valence-electron chi connectivity index (χ0n) is 14.5. The number of nitriles is 1. The van der Waals surface area contributed by atoms with Crippen LogP contribution >= 0.6 is 11.3 Å². The lowest BCUT2D eigenvalue weighted by Gasteiger charge is -2.06. The fourth-order valence-corrected chi connectivity index (χ4v) is 2.89. The maximum absolute atomic E-state index is 12.3. The number of rotatable bonds is 6. The predicted octanol–water partition coefficient (Wildman–Crippen LogP) is 4.44. The monoisotopic (exact) mass is 376 g/mol. The van der Waals surface area contributed by atoms with Crippen LogP contribution in [0.2, 0.25) is 0 Å². The third-order valence-corrected chi connectivity index (χ3v) is 4.49. The number of nitrogens with zero attached hydrogens (tertiary/aromatic N) is 3. The van der Waals surface area contributed by atoms with Gasteiger partial charge < -0.3 is 4.74 Å². The third kappa shape index (κ3) is 5.00. The summed E-state index contributed by atoms with van der Waals surface area (Å²) in [7, 11) is 0. The highest BCUT2D eigenvalue weighted by Gasteiger charge is 2.12. The van der Waals surface area contributed by atoms with Gasteiger partial charge in [0, 0.05) is 0 Å². The van der Waals surface area contributed by atoms with Crippen LogP contribution < -0.4 is 10.1 Å². The molecule has 27 heavy (non-hydrogen) atoms. The number of carbonyl (C=O) groups is 1. The molecule has 3 aromatic rings. The van der Waals surface area contributed by atoms with Crippen molar-refractivity contribution >= 4 is 28.5 Å². The van der Waals surface area contributed by atoms with Crippen LogP contribution in [0.1, 0.15) is 17.5 Å². The molecule has 7 heteroatoms. The number of nitrogens with one attached hydrogen (secondary N) is 1. The minimum absolute atomic E-state index is 0.0277. The highest BCUT2D eigenvalue weighted by molar-refractivity contribution is 7.15. The van der Waals surface area contributed by atoms with Gasteiger partial charge in [0.05, 0.1) is 0 Å². The summed E-state index contributed by atoms with van der Waals surface area (Å²) in [6.07, 6.45) is 2.25. The second kappa shape index (κ2) is 8.74. The van der Waals surface area contributed by atoms with E-state index in [1.54, 1.807) is 18.2 Å². The summed E-state index contributed by atoms with van der Waals surface area (Å²) in [5.74, 6) is 0.801. The van der Waals surface area contributed by atoms with Crippen LogP contribution in [0.25, 0.3) is 6.08 Å². The lowest BCUT2D eigenvalue weighted by molar-refractivity contribution is -0.112. The van der Waals surface area contributed by atoms with Gasteiger partial charge >= 0.3 is 0 Å². The van der Waals surface area contributed by atoms with Gasteiger partial charge in [-0.2, -0.15) is 5.26 Å². The van der Waals surface area contributed by atoms with E-state index in [9.17, 15) is 10.1 Å². The molecule has 0 aliphatic heterocycles. The normalized spacial score (nSPS) is 10.9. The number of hydrogen-bond donors (Lipinski definition) is 1. The fourth-order valence-electron chi connectivity index (χ4n) is 2.22. The molecule has 0 saturated carbocycles. The van der Waals surface area contributed by atoms with Crippen LogP contribution in [0.15, 0.2) is 60.2 Å². The number of amides is 1. The summed E-state index contributed by atoms with van der Waals surface area (Å²) in [4.78, 5) is 12.3. The van der Waals surface area contributed by atoms with Crippen LogP contribution in [-0.2, 0) is 11.2 Å². The van der Waals surface area contributed by atoms with Gasteiger partial charge in [0.25, 0.3) is 5.91 Å². The van der Waals surface area contributed by atoms with Crippen molar-refractivity contribution in [3.63, 3.8) is 0 Å². The molecule has 0 aliphatic rings. The standard InChI is InChI=1S/C20H16N4O2S/c1-2-18-23-24-20(27-18)22-19(25)15(13-21)11-14-7-6-10-17(12-14)26-16-8-4-3-5-9-16/h3-12H,2H2,1H3,(H,22,24,25)/b15-11+. The van der Waals surface area contributed by atoms with Crippen molar-refractivity contribution in [3.8, 4) is 17.6 Å². The summed E-state index contributed by atoms with van der Waals surface area (Å²) in [6, 6.07) is 18.5. The molecule has 6 nitrogen and oxygen atoms in total. The van der Waals surface area contributed by atoms with Crippen molar-refractivity contribution in [3.05, 3.63) is 70.7 Å². The Labute approximate surface area is 160 Å². The molecule has 1 amide bonds. The number of ether oxygens (including phenoxy) is 1. The van der Waals surface area contributed by atoms with E-state index in [1.165, 1.54) is 17.4 Å². The molecule has 0 bridgehead atoms. The Bertz CT molecular complexity index is 1010. The maximum atomic E-state index is 12.3. The molecule has 0 saturated heterocycles. The van der Waals surface area contributed by atoms with Gasteiger partial charge in [0.15, 0.2) is 0 Å². The minimum Gasteiger partial charge on any atom is -0.457 e. The van der Waals surface area contributed by atoms with Gasteiger partial charge in [-0.15, -0.1) is 10.2 Å². The first-order valence-corrected chi connectivity index (χ1v) is 9.08. The van der Waals surface area contributed by atoms with Gasteiger partial charge in [0.1, 0.15) is 28.1 Å². The Kier molecular flexibility index (Phi) is 5.92. The van der Waals surface area contributed by atoms with E-state index in [-0.39, 0.29) is 5.57 Å². The average molecular weight is 376 g/mol. The number of carbonyl (C=O) groups excluding carboxylic acids is 1. The number of benzene rings is 2. The Balaban J connectivity index is 1.75. The SMILES string of the molecule is CCc1nnc(NC(=O)/C(C#N)=C/c2cccc(Oc3ccccc3)c2)s1. The molecule has 0 aliphatic carbocycles. The summed E-state index contributed by atoms with van der Waals surface area (Å²) >= 11 is 1.29. The molecule has 2 aromatic carbocycles. The van der Waals surface area contributed by atoms with E-state index in [1.807, 2.05) is 49.4 Å². The first-order chi connectivity index (χ1) is 13.2. The predicted molar refractivity (Wildman–Crippen MR) is 104 cm³/mol. The number of aromatic nitrogens is 2. The smallest absolute Gasteiger partial charge is 0.268 e. The zero-order valence-corrected chi connectivity index (χ0v) is 15.4. The van der Waals surface area contributed by atoms with Crippen LogP contribution in [0.3, 0.4) is 0 Å². The van der Waals surface area contributed by atoms with E-state index >= 15 is 0 Å². The lowest BCUT2D eigenvalue weighted by atomic mass is 10.1. The van der Waals surface area contributed by atoms with Gasteiger partial charge in [-0.3, -0.25) is 10.1 Å². The lowest BCUT2D eigenvalue weighted by Crippen LogP contribution is -2.13. The van der Waals surface area contributed by atoms with Crippen molar-refractivity contribution < 1.29 is 9.53 Å². The zero-order chi connectivity index (χ0) is 19.1. The second-order valence-electron chi connectivity index (χ2n) is 5.47. The van der Waals surface area contributed by atoms with Crippen LogP contribution in [-0.4, -0.2) is 16.1 Å². The molecule has 0 atom stereocenters. The van der Waals surface area contributed by atoms with Gasteiger partial charge in [-0.25, -0.2) is 0 Å². The Morgan fingerprint density at radius 3 is 2.67 bits per heavy atom. The molecule has 1 aromatic heterocycles. The average Bonchev–Trinajstić information content (AvgIpc) is 3.14. The molecule has 1 N–H and O–H groups in total. The fraction of sp³-hybridized carbons (Fsp3) is 0.100. The summed E-state index contributed by atoms with van der Waals surface area (Å²) < 4.78 is 5.78. The molecule has 0 radical (unpaired) electrons. The van der Waals surface area contributed by atoms with E-state index in [2.05, 4.69) is 15.5 Å². The highest BCUT2D eigenvalue weighted by Crippen LogP contribution is 2.23. The molecular weight excluding hydrogens is 360 g/mol. The van der Waals surface area contributed by atoms with Crippen LogP contribution in [0, 0.1) is 11.3 Å². The number of hydrogen-bond acceptors (Lipinski definition) is 6. The maximum Gasteiger partial charge on any atom is 0.268 e. The van der Waals surface area contributed by atoms with E-state index in [0.29, 0.717) is 22.2 Å². The van der Waals surface area contributed by atoms with E-state index in [4.69, 9.17) is 4.74 Å². The van der Waals surface area contributed by atoms with Crippen molar-refractivity contribution in [2.75, 3.05) is 5.32 Å². The Morgan fingerprint density at radius 1 is 1.19 bits per heavy atom.